The molecule has 33 heavy (non-hydrogen) atoms. The van der Waals surface area contributed by atoms with Crippen LogP contribution in [0.3, 0.4) is 0 Å². The Morgan fingerprint density at radius 2 is 1.58 bits per heavy atom. The fraction of sp³-hybridized carbons (Fsp3) is 0.552. The van der Waals surface area contributed by atoms with Crippen LogP contribution in [0.1, 0.15) is 59.8 Å². The van der Waals surface area contributed by atoms with Crippen molar-refractivity contribution in [2.45, 2.75) is 59.8 Å². The molecule has 4 nitrogen and oxygen atoms in total. The molecule has 0 heterocycles. The standard InChI is InChI=1S/C29H40O4/c1-16(2)21-10-8-18(5)12-23(21)27-20(15-26(31)33-7)14-25(30)28(29(27)32)24-13-19(6)9-11-22(24)17(3)4/h12-14,20-24,27,30,32H,1,3,8-11,15H2,2,4-7H3/t20?,21-,22-,23+,24+,27?/m0/s1. The summed E-state index contributed by atoms with van der Waals surface area (Å²) in [6, 6.07) is 0. The quantitative estimate of drug-likeness (QED) is 0.332. The number of rotatable bonds is 6. The number of hydrogen-bond acceptors (Lipinski definition) is 4. The lowest BCUT2D eigenvalue weighted by molar-refractivity contribution is -0.141. The second-order valence-electron chi connectivity index (χ2n) is 10.4. The molecule has 180 valence electrons. The zero-order valence-electron chi connectivity index (χ0n) is 20.9. The van der Waals surface area contributed by atoms with Gasteiger partial charge in [-0.05, 0) is 77.2 Å². The van der Waals surface area contributed by atoms with Gasteiger partial charge in [0, 0.05) is 23.3 Å². The van der Waals surface area contributed by atoms with Crippen LogP contribution in [0.2, 0.25) is 0 Å². The lowest BCUT2D eigenvalue weighted by atomic mass is 9.63. The molecule has 0 bridgehead atoms. The molecule has 0 aromatic carbocycles. The minimum absolute atomic E-state index is 0.00204. The normalized spacial score (nSPS) is 32.5. The first-order valence-corrected chi connectivity index (χ1v) is 12.1. The summed E-state index contributed by atoms with van der Waals surface area (Å²) in [7, 11) is 1.37. The Balaban J connectivity index is 2.17. The third-order valence-electron chi connectivity index (χ3n) is 7.88. The highest BCUT2D eigenvalue weighted by Gasteiger charge is 2.44. The number of carbonyl (C=O) groups excluding carboxylic acids is 1. The molecule has 0 saturated carbocycles. The van der Waals surface area contributed by atoms with Crippen molar-refractivity contribution in [3.05, 3.63) is 70.8 Å². The molecule has 4 heteroatoms. The molecule has 0 aromatic heterocycles. The topological polar surface area (TPSA) is 66.8 Å². The number of methoxy groups -OCH3 is 1. The van der Waals surface area contributed by atoms with Gasteiger partial charge in [0.15, 0.2) is 0 Å². The highest BCUT2D eigenvalue weighted by atomic mass is 16.5. The van der Waals surface area contributed by atoms with Crippen LogP contribution in [0.25, 0.3) is 0 Å². The molecule has 0 aliphatic heterocycles. The van der Waals surface area contributed by atoms with Gasteiger partial charge < -0.3 is 14.9 Å². The fourth-order valence-electron chi connectivity index (χ4n) is 6.12. The maximum absolute atomic E-state index is 12.3. The molecule has 0 radical (unpaired) electrons. The highest BCUT2D eigenvalue weighted by molar-refractivity contribution is 5.70. The Morgan fingerprint density at radius 3 is 2.15 bits per heavy atom. The van der Waals surface area contributed by atoms with E-state index in [9.17, 15) is 15.0 Å². The second kappa shape index (κ2) is 10.2. The molecule has 2 N–H and O–H groups in total. The first-order valence-electron chi connectivity index (χ1n) is 12.1. The van der Waals surface area contributed by atoms with Gasteiger partial charge in [-0.1, -0.05) is 47.6 Å². The summed E-state index contributed by atoms with van der Waals surface area (Å²) in [5.41, 5.74) is 5.27. The second-order valence-corrected chi connectivity index (χ2v) is 10.4. The summed E-state index contributed by atoms with van der Waals surface area (Å²) in [6.45, 7) is 16.7. The summed E-state index contributed by atoms with van der Waals surface area (Å²) in [5, 5.41) is 23.0. The van der Waals surface area contributed by atoms with Crippen molar-refractivity contribution < 1.29 is 19.7 Å². The van der Waals surface area contributed by atoms with E-state index in [1.54, 1.807) is 6.08 Å². The molecule has 0 saturated heterocycles. The molecule has 3 aliphatic carbocycles. The Kier molecular flexibility index (Phi) is 7.76. The van der Waals surface area contributed by atoms with Crippen molar-refractivity contribution >= 4 is 5.97 Å². The van der Waals surface area contributed by atoms with Crippen LogP contribution in [0.5, 0.6) is 0 Å². The Morgan fingerprint density at radius 1 is 1.00 bits per heavy atom. The molecule has 0 spiro atoms. The molecular weight excluding hydrogens is 412 g/mol. The van der Waals surface area contributed by atoms with Gasteiger partial charge in [-0.15, -0.1) is 0 Å². The number of allylic oxidation sites excluding steroid dienone is 9. The molecule has 6 atom stereocenters. The van der Waals surface area contributed by atoms with E-state index in [-0.39, 0.29) is 59.4 Å². The Hall–Kier alpha value is -2.49. The Labute approximate surface area is 199 Å². The van der Waals surface area contributed by atoms with E-state index in [4.69, 9.17) is 4.74 Å². The van der Waals surface area contributed by atoms with Crippen molar-refractivity contribution in [2.75, 3.05) is 7.11 Å². The van der Waals surface area contributed by atoms with E-state index in [1.165, 1.54) is 18.3 Å². The van der Waals surface area contributed by atoms with E-state index >= 15 is 0 Å². The monoisotopic (exact) mass is 452 g/mol. The number of aliphatic hydroxyl groups is 2. The average Bonchev–Trinajstić information content (AvgIpc) is 2.73. The molecule has 3 rings (SSSR count). The van der Waals surface area contributed by atoms with E-state index in [2.05, 4.69) is 39.2 Å². The summed E-state index contributed by atoms with van der Waals surface area (Å²) in [5.74, 6) is -0.525. The fourth-order valence-corrected chi connectivity index (χ4v) is 6.12. The SMILES string of the molecule is C=C(C)[C@@H]1CCC(C)=C[C@H]1C1=C(O)C([C@@H]2C=C(C)CC[C@H]2C(=C)C)C(CC(=O)OC)C=C1O. The first-order chi connectivity index (χ1) is 15.5. The average molecular weight is 453 g/mol. The number of aliphatic hydroxyl groups excluding tert-OH is 2. The van der Waals surface area contributed by atoms with Crippen LogP contribution in [0, 0.1) is 35.5 Å². The van der Waals surface area contributed by atoms with Crippen LogP contribution in [0.15, 0.2) is 70.8 Å². The van der Waals surface area contributed by atoms with Crippen LogP contribution < -0.4 is 0 Å². The lowest BCUT2D eigenvalue weighted by Crippen LogP contribution is -2.37. The van der Waals surface area contributed by atoms with E-state index < -0.39 is 0 Å². The van der Waals surface area contributed by atoms with Crippen molar-refractivity contribution in [1.29, 1.82) is 0 Å². The minimum Gasteiger partial charge on any atom is -0.512 e. The predicted octanol–water partition coefficient (Wildman–Crippen LogP) is 7.15. The number of ether oxygens (including phenoxy) is 1. The summed E-state index contributed by atoms with van der Waals surface area (Å²) >= 11 is 0. The zero-order chi connectivity index (χ0) is 24.4. The molecule has 0 fully saturated rings. The number of hydrogen-bond donors (Lipinski definition) is 2. The molecule has 3 aliphatic rings. The van der Waals surface area contributed by atoms with E-state index in [0.29, 0.717) is 5.57 Å². The highest BCUT2D eigenvalue weighted by Crippen LogP contribution is 2.50. The Bertz CT molecular complexity index is 945. The molecule has 2 unspecified atom stereocenters. The van der Waals surface area contributed by atoms with Gasteiger partial charge in [0.1, 0.15) is 11.5 Å². The van der Waals surface area contributed by atoms with Crippen molar-refractivity contribution in [3.8, 4) is 0 Å². The van der Waals surface area contributed by atoms with Gasteiger partial charge in [-0.2, -0.15) is 0 Å². The van der Waals surface area contributed by atoms with Gasteiger partial charge in [-0.3, -0.25) is 4.79 Å². The van der Waals surface area contributed by atoms with Crippen LogP contribution >= 0.6 is 0 Å². The van der Waals surface area contributed by atoms with Gasteiger partial charge in [0.05, 0.1) is 13.5 Å². The summed E-state index contributed by atoms with van der Waals surface area (Å²) in [4.78, 5) is 12.3. The molecule has 0 amide bonds. The zero-order valence-corrected chi connectivity index (χ0v) is 20.9. The van der Waals surface area contributed by atoms with Gasteiger partial charge in [0.2, 0.25) is 0 Å². The van der Waals surface area contributed by atoms with E-state index in [0.717, 1.165) is 36.8 Å². The van der Waals surface area contributed by atoms with Crippen molar-refractivity contribution in [1.82, 2.24) is 0 Å². The van der Waals surface area contributed by atoms with Gasteiger partial charge >= 0.3 is 5.97 Å². The van der Waals surface area contributed by atoms with Crippen LogP contribution in [-0.2, 0) is 9.53 Å². The first kappa shape index (κ1) is 25.1. The number of carbonyl (C=O) groups is 1. The summed E-state index contributed by atoms with van der Waals surface area (Å²) in [6.07, 6.45) is 10.2. The van der Waals surface area contributed by atoms with Gasteiger partial charge in [0.25, 0.3) is 0 Å². The summed E-state index contributed by atoms with van der Waals surface area (Å²) < 4.78 is 4.96. The third kappa shape index (κ3) is 5.20. The van der Waals surface area contributed by atoms with Crippen LogP contribution in [0.4, 0.5) is 0 Å². The maximum atomic E-state index is 12.3. The van der Waals surface area contributed by atoms with Crippen molar-refractivity contribution in [3.63, 3.8) is 0 Å². The predicted molar refractivity (Wildman–Crippen MR) is 134 cm³/mol. The smallest absolute Gasteiger partial charge is 0.306 e. The third-order valence-corrected chi connectivity index (χ3v) is 7.88. The van der Waals surface area contributed by atoms with Crippen LogP contribution in [-0.4, -0.2) is 23.3 Å². The molecular formula is C29H40O4. The van der Waals surface area contributed by atoms with Gasteiger partial charge in [-0.25, -0.2) is 0 Å². The van der Waals surface area contributed by atoms with E-state index in [1.807, 2.05) is 13.8 Å². The molecule has 0 aromatic rings. The minimum atomic E-state index is -0.354. The largest absolute Gasteiger partial charge is 0.512 e. The lowest BCUT2D eigenvalue weighted by Gasteiger charge is -2.42. The number of esters is 1. The van der Waals surface area contributed by atoms with Crippen molar-refractivity contribution in [2.24, 2.45) is 35.5 Å². The maximum Gasteiger partial charge on any atom is 0.306 e.